The lowest BCUT2D eigenvalue weighted by atomic mass is 10.1. The maximum atomic E-state index is 12.9. The molecule has 2 aromatic carbocycles. The van der Waals surface area contributed by atoms with Crippen molar-refractivity contribution in [1.29, 1.82) is 0 Å². The minimum atomic E-state index is -0.229. The van der Waals surface area contributed by atoms with E-state index in [-0.39, 0.29) is 5.82 Å². The SMILES string of the molecule is COc1ccc(-c2ccc(SCc3ccc(F)cc3)nn2)cc1OC. The normalized spacial score (nSPS) is 10.5. The van der Waals surface area contributed by atoms with E-state index in [1.165, 1.54) is 12.1 Å². The second kappa shape index (κ2) is 7.98. The van der Waals surface area contributed by atoms with Gasteiger partial charge in [-0.05, 0) is 48.0 Å². The van der Waals surface area contributed by atoms with Gasteiger partial charge in [-0.15, -0.1) is 10.2 Å². The first-order chi connectivity index (χ1) is 12.2. The summed E-state index contributed by atoms with van der Waals surface area (Å²) in [5.41, 5.74) is 2.70. The Morgan fingerprint density at radius 2 is 1.64 bits per heavy atom. The summed E-state index contributed by atoms with van der Waals surface area (Å²) in [7, 11) is 3.20. The molecule has 0 aliphatic rings. The minimum absolute atomic E-state index is 0.229. The van der Waals surface area contributed by atoms with E-state index in [4.69, 9.17) is 9.47 Å². The van der Waals surface area contributed by atoms with E-state index in [1.54, 1.807) is 38.1 Å². The number of nitrogens with zero attached hydrogens (tertiary/aromatic N) is 2. The van der Waals surface area contributed by atoms with Crippen LogP contribution in [0.25, 0.3) is 11.3 Å². The van der Waals surface area contributed by atoms with Crippen LogP contribution in [0.1, 0.15) is 5.56 Å². The Morgan fingerprint density at radius 3 is 2.28 bits per heavy atom. The predicted molar refractivity (Wildman–Crippen MR) is 96.5 cm³/mol. The fraction of sp³-hybridized carbons (Fsp3) is 0.158. The van der Waals surface area contributed by atoms with Crippen LogP contribution in [0.15, 0.2) is 59.6 Å². The molecule has 128 valence electrons. The average molecular weight is 356 g/mol. The Balaban J connectivity index is 1.70. The Hall–Kier alpha value is -2.60. The molecule has 0 saturated carbocycles. The van der Waals surface area contributed by atoms with Crippen molar-refractivity contribution in [2.45, 2.75) is 10.8 Å². The topological polar surface area (TPSA) is 44.2 Å². The summed E-state index contributed by atoms with van der Waals surface area (Å²) in [6, 6.07) is 15.9. The molecule has 3 rings (SSSR count). The van der Waals surface area contributed by atoms with Gasteiger partial charge < -0.3 is 9.47 Å². The molecule has 0 aliphatic carbocycles. The Labute approximate surface area is 150 Å². The monoisotopic (exact) mass is 356 g/mol. The molecular formula is C19H17FN2O2S. The molecule has 6 heteroatoms. The molecule has 1 aromatic heterocycles. The van der Waals surface area contributed by atoms with Crippen molar-refractivity contribution in [3.05, 3.63) is 66.0 Å². The van der Waals surface area contributed by atoms with Crippen molar-refractivity contribution < 1.29 is 13.9 Å². The summed E-state index contributed by atoms with van der Waals surface area (Å²) in [5, 5.41) is 9.35. The summed E-state index contributed by atoms with van der Waals surface area (Å²) < 4.78 is 23.5. The van der Waals surface area contributed by atoms with Crippen LogP contribution in [0.4, 0.5) is 4.39 Å². The van der Waals surface area contributed by atoms with E-state index in [0.29, 0.717) is 17.3 Å². The van der Waals surface area contributed by atoms with Gasteiger partial charge in [-0.3, -0.25) is 0 Å². The number of aromatic nitrogens is 2. The molecule has 0 atom stereocenters. The van der Waals surface area contributed by atoms with Crippen molar-refractivity contribution in [3.63, 3.8) is 0 Å². The van der Waals surface area contributed by atoms with Crippen LogP contribution in [0.3, 0.4) is 0 Å². The quantitative estimate of drug-likeness (QED) is 0.604. The van der Waals surface area contributed by atoms with Crippen molar-refractivity contribution in [1.82, 2.24) is 10.2 Å². The molecule has 0 spiro atoms. The van der Waals surface area contributed by atoms with Crippen molar-refractivity contribution in [3.8, 4) is 22.8 Å². The van der Waals surface area contributed by atoms with Gasteiger partial charge in [0.1, 0.15) is 10.8 Å². The van der Waals surface area contributed by atoms with Crippen LogP contribution < -0.4 is 9.47 Å². The third kappa shape index (κ3) is 4.28. The number of halogens is 1. The fourth-order valence-electron chi connectivity index (χ4n) is 2.28. The highest BCUT2D eigenvalue weighted by atomic mass is 32.2. The number of rotatable bonds is 6. The highest BCUT2D eigenvalue weighted by Gasteiger charge is 2.08. The summed E-state index contributed by atoms with van der Waals surface area (Å²) in [6.45, 7) is 0. The van der Waals surface area contributed by atoms with Gasteiger partial charge in [0.05, 0.1) is 19.9 Å². The van der Waals surface area contributed by atoms with Crippen LogP contribution in [0.5, 0.6) is 11.5 Å². The van der Waals surface area contributed by atoms with Crippen LogP contribution in [-0.4, -0.2) is 24.4 Å². The first-order valence-electron chi connectivity index (χ1n) is 7.63. The smallest absolute Gasteiger partial charge is 0.161 e. The van der Waals surface area contributed by atoms with E-state index in [0.717, 1.165) is 21.8 Å². The van der Waals surface area contributed by atoms with E-state index >= 15 is 0 Å². The lowest BCUT2D eigenvalue weighted by molar-refractivity contribution is 0.355. The molecule has 0 N–H and O–H groups in total. The summed E-state index contributed by atoms with van der Waals surface area (Å²) in [5.74, 6) is 1.81. The molecule has 0 saturated heterocycles. The summed E-state index contributed by atoms with van der Waals surface area (Å²) in [6.07, 6.45) is 0. The number of methoxy groups -OCH3 is 2. The Bertz CT molecular complexity index is 839. The van der Waals surface area contributed by atoms with E-state index in [2.05, 4.69) is 10.2 Å². The molecule has 25 heavy (non-hydrogen) atoms. The molecule has 0 aliphatic heterocycles. The molecule has 0 radical (unpaired) electrons. The van der Waals surface area contributed by atoms with Gasteiger partial charge in [-0.1, -0.05) is 23.9 Å². The van der Waals surface area contributed by atoms with Gasteiger partial charge in [0.25, 0.3) is 0 Å². The predicted octanol–water partition coefficient (Wildman–Crippen LogP) is 4.59. The van der Waals surface area contributed by atoms with Gasteiger partial charge in [-0.2, -0.15) is 0 Å². The molecule has 0 fully saturated rings. The maximum absolute atomic E-state index is 12.9. The van der Waals surface area contributed by atoms with Gasteiger partial charge >= 0.3 is 0 Å². The van der Waals surface area contributed by atoms with Crippen LogP contribution in [0, 0.1) is 5.82 Å². The van der Waals surface area contributed by atoms with Crippen molar-refractivity contribution >= 4 is 11.8 Å². The van der Waals surface area contributed by atoms with Crippen LogP contribution >= 0.6 is 11.8 Å². The van der Waals surface area contributed by atoms with E-state index in [9.17, 15) is 4.39 Å². The zero-order chi connectivity index (χ0) is 17.6. The number of thioether (sulfide) groups is 1. The Morgan fingerprint density at radius 1 is 0.880 bits per heavy atom. The second-order valence-corrected chi connectivity index (χ2v) is 6.24. The van der Waals surface area contributed by atoms with Crippen molar-refractivity contribution in [2.75, 3.05) is 14.2 Å². The standard InChI is InChI=1S/C19H17FN2O2S/c1-23-17-9-5-14(11-18(17)24-2)16-8-10-19(22-21-16)25-12-13-3-6-15(20)7-4-13/h3-11H,12H2,1-2H3. The summed E-state index contributed by atoms with van der Waals surface area (Å²) >= 11 is 1.56. The number of benzene rings is 2. The number of ether oxygens (including phenoxy) is 2. The second-order valence-electron chi connectivity index (χ2n) is 5.24. The highest BCUT2D eigenvalue weighted by molar-refractivity contribution is 7.98. The Kier molecular flexibility index (Phi) is 5.50. The minimum Gasteiger partial charge on any atom is -0.493 e. The molecular weight excluding hydrogens is 339 g/mol. The lowest BCUT2D eigenvalue weighted by Gasteiger charge is -2.09. The van der Waals surface area contributed by atoms with E-state index in [1.807, 2.05) is 30.3 Å². The third-order valence-electron chi connectivity index (χ3n) is 3.62. The first-order valence-corrected chi connectivity index (χ1v) is 8.61. The van der Waals surface area contributed by atoms with Crippen LogP contribution in [-0.2, 0) is 5.75 Å². The molecule has 0 amide bonds. The van der Waals surface area contributed by atoms with E-state index < -0.39 is 0 Å². The van der Waals surface area contributed by atoms with Crippen LogP contribution in [0.2, 0.25) is 0 Å². The third-order valence-corrected chi connectivity index (χ3v) is 4.61. The maximum Gasteiger partial charge on any atom is 0.161 e. The molecule has 0 unspecified atom stereocenters. The molecule has 1 heterocycles. The van der Waals surface area contributed by atoms with Gasteiger partial charge in [0.15, 0.2) is 11.5 Å². The highest BCUT2D eigenvalue weighted by Crippen LogP contribution is 2.31. The fourth-order valence-corrected chi connectivity index (χ4v) is 3.05. The van der Waals surface area contributed by atoms with Crippen molar-refractivity contribution in [2.24, 2.45) is 0 Å². The average Bonchev–Trinajstić information content (AvgIpc) is 2.67. The number of hydrogen-bond donors (Lipinski definition) is 0. The summed E-state index contributed by atoms with van der Waals surface area (Å²) in [4.78, 5) is 0. The zero-order valence-electron chi connectivity index (χ0n) is 13.9. The lowest BCUT2D eigenvalue weighted by Crippen LogP contribution is -1.93. The van der Waals surface area contributed by atoms with Gasteiger partial charge in [0, 0.05) is 11.3 Å². The number of hydrogen-bond acceptors (Lipinski definition) is 5. The largest absolute Gasteiger partial charge is 0.493 e. The molecule has 4 nitrogen and oxygen atoms in total. The van der Waals surface area contributed by atoms with Gasteiger partial charge in [-0.25, -0.2) is 4.39 Å². The zero-order valence-corrected chi connectivity index (χ0v) is 14.7. The first kappa shape index (κ1) is 17.2. The molecule has 3 aromatic rings. The molecule has 0 bridgehead atoms. The van der Waals surface area contributed by atoms with Gasteiger partial charge in [0.2, 0.25) is 0 Å².